The molecule has 0 unspecified atom stereocenters. The summed E-state index contributed by atoms with van der Waals surface area (Å²) in [5, 5.41) is 11.8. The van der Waals surface area contributed by atoms with E-state index < -0.39 is 0 Å². The monoisotopic (exact) mass is 319 g/mol. The molecule has 0 aliphatic carbocycles. The smallest absolute Gasteiger partial charge is 0.272 e. The molecule has 1 aliphatic rings. The van der Waals surface area contributed by atoms with Crippen LogP contribution in [0.3, 0.4) is 0 Å². The van der Waals surface area contributed by atoms with E-state index in [0.717, 1.165) is 53.7 Å². The Hall–Kier alpha value is -1.73. The van der Waals surface area contributed by atoms with Crippen molar-refractivity contribution in [2.24, 2.45) is 0 Å². The Morgan fingerprint density at radius 2 is 2.41 bits per heavy atom. The molecule has 2 N–H and O–H groups in total. The lowest BCUT2D eigenvalue weighted by atomic mass is 10.3. The zero-order chi connectivity index (χ0) is 15.5. The summed E-state index contributed by atoms with van der Waals surface area (Å²) in [5.74, 6) is -0.117. The molecule has 0 saturated heterocycles. The second-order valence-corrected chi connectivity index (χ2v) is 6.70. The number of hydrogen-bond acceptors (Lipinski definition) is 5. The van der Waals surface area contributed by atoms with Gasteiger partial charge in [0.15, 0.2) is 5.69 Å². The van der Waals surface area contributed by atoms with E-state index in [1.807, 2.05) is 17.7 Å². The molecule has 0 radical (unpaired) electrons. The SMILES string of the molecule is CCc1nc(C)sc1CNC(=O)c1cc2n(n1)CCCNC2. The van der Waals surface area contributed by atoms with Gasteiger partial charge in [-0.15, -0.1) is 11.3 Å². The summed E-state index contributed by atoms with van der Waals surface area (Å²) in [7, 11) is 0. The number of rotatable bonds is 4. The number of fused-ring (bicyclic) bond motifs is 1. The Balaban J connectivity index is 1.67. The zero-order valence-corrected chi connectivity index (χ0v) is 13.8. The standard InChI is InChI=1S/C15H21N5OS/c1-3-12-14(22-10(2)18-12)9-17-15(21)13-7-11-8-16-5-4-6-20(11)19-13/h7,16H,3-6,8-9H2,1-2H3,(H,17,21). The van der Waals surface area contributed by atoms with Gasteiger partial charge in [0.05, 0.1) is 22.9 Å². The van der Waals surface area contributed by atoms with Crippen molar-refractivity contribution in [2.75, 3.05) is 6.54 Å². The molecule has 22 heavy (non-hydrogen) atoms. The van der Waals surface area contributed by atoms with Crippen LogP contribution in [0.15, 0.2) is 6.07 Å². The molecule has 1 aliphatic heterocycles. The first kappa shape index (κ1) is 15.2. The maximum absolute atomic E-state index is 12.3. The molecule has 0 saturated carbocycles. The van der Waals surface area contributed by atoms with Crippen LogP contribution in [-0.2, 0) is 26.1 Å². The molecule has 6 nitrogen and oxygen atoms in total. The maximum Gasteiger partial charge on any atom is 0.272 e. The predicted molar refractivity (Wildman–Crippen MR) is 85.9 cm³/mol. The quantitative estimate of drug-likeness (QED) is 0.898. The summed E-state index contributed by atoms with van der Waals surface area (Å²) < 4.78 is 1.93. The molecule has 3 heterocycles. The topological polar surface area (TPSA) is 71.8 Å². The Kier molecular flexibility index (Phi) is 4.54. The molecule has 118 valence electrons. The van der Waals surface area contributed by atoms with Crippen molar-refractivity contribution < 1.29 is 4.79 Å². The van der Waals surface area contributed by atoms with Crippen LogP contribution in [0.5, 0.6) is 0 Å². The van der Waals surface area contributed by atoms with Crippen molar-refractivity contribution in [3.8, 4) is 0 Å². The van der Waals surface area contributed by atoms with Crippen molar-refractivity contribution >= 4 is 17.2 Å². The molecule has 3 rings (SSSR count). The predicted octanol–water partition coefficient (Wildman–Crippen LogP) is 1.63. The molecule has 7 heteroatoms. The number of thiazole rings is 1. The Labute approximate surface area is 133 Å². The minimum atomic E-state index is -0.117. The van der Waals surface area contributed by atoms with Gasteiger partial charge in [0.1, 0.15) is 0 Å². The summed E-state index contributed by atoms with van der Waals surface area (Å²) in [6.45, 7) is 7.23. The first-order valence-electron chi connectivity index (χ1n) is 7.68. The summed E-state index contributed by atoms with van der Waals surface area (Å²) >= 11 is 1.64. The highest BCUT2D eigenvalue weighted by molar-refractivity contribution is 7.11. The lowest BCUT2D eigenvalue weighted by molar-refractivity contribution is 0.0945. The van der Waals surface area contributed by atoms with Gasteiger partial charge in [-0.3, -0.25) is 9.48 Å². The van der Waals surface area contributed by atoms with Crippen LogP contribution < -0.4 is 10.6 Å². The molecule has 2 aromatic heterocycles. The fourth-order valence-electron chi connectivity index (χ4n) is 2.65. The number of nitrogens with one attached hydrogen (secondary N) is 2. The molecule has 2 aromatic rings. The van der Waals surface area contributed by atoms with Gasteiger partial charge in [-0.2, -0.15) is 5.10 Å². The van der Waals surface area contributed by atoms with Crippen LogP contribution in [0.2, 0.25) is 0 Å². The van der Waals surface area contributed by atoms with E-state index in [2.05, 4.69) is 27.6 Å². The summed E-state index contributed by atoms with van der Waals surface area (Å²) in [4.78, 5) is 17.9. The third kappa shape index (κ3) is 3.20. The highest BCUT2D eigenvalue weighted by atomic mass is 32.1. The molecular formula is C15H21N5OS. The largest absolute Gasteiger partial charge is 0.346 e. The third-order valence-corrected chi connectivity index (χ3v) is 4.77. The van der Waals surface area contributed by atoms with E-state index in [0.29, 0.717) is 12.2 Å². The minimum Gasteiger partial charge on any atom is -0.346 e. The van der Waals surface area contributed by atoms with E-state index in [9.17, 15) is 4.79 Å². The summed E-state index contributed by atoms with van der Waals surface area (Å²) in [6.07, 6.45) is 1.93. The van der Waals surface area contributed by atoms with Gasteiger partial charge in [-0.25, -0.2) is 4.98 Å². The number of carbonyl (C=O) groups is 1. The number of nitrogens with zero attached hydrogens (tertiary/aromatic N) is 3. The number of hydrogen-bond donors (Lipinski definition) is 2. The minimum absolute atomic E-state index is 0.117. The fourth-order valence-corrected chi connectivity index (χ4v) is 3.62. The van der Waals surface area contributed by atoms with Crippen molar-refractivity contribution in [1.82, 2.24) is 25.4 Å². The van der Waals surface area contributed by atoms with Gasteiger partial charge in [-0.1, -0.05) is 6.92 Å². The van der Waals surface area contributed by atoms with Gasteiger partial charge >= 0.3 is 0 Å². The van der Waals surface area contributed by atoms with Gasteiger partial charge in [0.2, 0.25) is 0 Å². The number of aryl methyl sites for hydroxylation is 3. The van der Waals surface area contributed by atoms with Crippen LogP contribution >= 0.6 is 11.3 Å². The van der Waals surface area contributed by atoms with Crippen molar-refractivity contribution in [3.05, 3.63) is 33.0 Å². The van der Waals surface area contributed by atoms with E-state index >= 15 is 0 Å². The molecule has 0 aromatic carbocycles. The molecule has 0 fully saturated rings. The average Bonchev–Trinajstić information content (AvgIpc) is 3.01. The van der Waals surface area contributed by atoms with Crippen molar-refractivity contribution in [2.45, 2.75) is 46.3 Å². The van der Waals surface area contributed by atoms with Gasteiger partial charge in [0.25, 0.3) is 5.91 Å². The lowest BCUT2D eigenvalue weighted by Gasteiger charge is -2.03. The Bertz CT molecular complexity index is 652. The average molecular weight is 319 g/mol. The van der Waals surface area contributed by atoms with E-state index in [4.69, 9.17) is 0 Å². The first-order valence-corrected chi connectivity index (χ1v) is 8.50. The second-order valence-electron chi connectivity index (χ2n) is 5.41. The first-order chi connectivity index (χ1) is 10.7. The van der Waals surface area contributed by atoms with Crippen LogP contribution in [-0.4, -0.2) is 27.2 Å². The summed E-state index contributed by atoms with van der Waals surface area (Å²) in [6, 6.07) is 1.88. The van der Waals surface area contributed by atoms with Crippen molar-refractivity contribution in [3.63, 3.8) is 0 Å². The molecule has 0 bridgehead atoms. The molecular weight excluding hydrogens is 298 g/mol. The second kappa shape index (κ2) is 6.58. The van der Waals surface area contributed by atoms with E-state index in [1.54, 1.807) is 11.3 Å². The lowest BCUT2D eigenvalue weighted by Crippen LogP contribution is -2.23. The molecule has 0 atom stereocenters. The van der Waals surface area contributed by atoms with Crippen LogP contribution in [0.25, 0.3) is 0 Å². The normalized spacial score (nSPS) is 14.5. The number of carbonyl (C=O) groups excluding carboxylic acids is 1. The van der Waals surface area contributed by atoms with E-state index in [-0.39, 0.29) is 5.91 Å². The highest BCUT2D eigenvalue weighted by Crippen LogP contribution is 2.18. The molecule has 0 spiro atoms. The maximum atomic E-state index is 12.3. The van der Waals surface area contributed by atoms with Gasteiger partial charge in [-0.05, 0) is 32.4 Å². The van der Waals surface area contributed by atoms with Crippen LogP contribution in [0.1, 0.15) is 45.1 Å². The van der Waals surface area contributed by atoms with Crippen molar-refractivity contribution in [1.29, 1.82) is 0 Å². The Morgan fingerprint density at radius 3 is 3.23 bits per heavy atom. The van der Waals surface area contributed by atoms with Gasteiger partial charge in [0, 0.05) is 18.0 Å². The van der Waals surface area contributed by atoms with Crippen LogP contribution in [0.4, 0.5) is 0 Å². The summed E-state index contributed by atoms with van der Waals surface area (Å²) in [5.41, 5.74) is 2.65. The highest BCUT2D eigenvalue weighted by Gasteiger charge is 2.16. The fraction of sp³-hybridized carbons (Fsp3) is 0.533. The van der Waals surface area contributed by atoms with E-state index in [1.165, 1.54) is 0 Å². The Morgan fingerprint density at radius 1 is 1.55 bits per heavy atom. The molecule has 1 amide bonds. The third-order valence-electron chi connectivity index (χ3n) is 3.76. The number of aromatic nitrogens is 3. The zero-order valence-electron chi connectivity index (χ0n) is 13.0. The van der Waals surface area contributed by atoms with Crippen LogP contribution in [0, 0.1) is 6.92 Å². The van der Waals surface area contributed by atoms with Gasteiger partial charge < -0.3 is 10.6 Å². The number of amides is 1.